The van der Waals surface area contributed by atoms with Crippen LogP contribution in [-0.4, -0.2) is 15.9 Å². The van der Waals surface area contributed by atoms with Crippen molar-refractivity contribution in [1.82, 2.24) is 5.32 Å². The molecule has 0 bridgehead atoms. The fraction of sp³-hybridized carbons (Fsp3) is 0.125. The first-order valence-corrected chi connectivity index (χ1v) is 7.74. The third kappa shape index (κ3) is 4.74. The highest BCUT2D eigenvalue weighted by Crippen LogP contribution is 2.24. The van der Waals surface area contributed by atoms with E-state index in [1.54, 1.807) is 43.3 Å². The number of thiocarbonyl (C=S) groups is 1. The third-order valence-electron chi connectivity index (χ3n) is 3.28. The molecule has 0 unspecified atom stereocenters. The Kier molecular flexibility index (Phi) is 5.83. The van der Waals surface area contributed by atoms with Crippen molar-refractivity contribution in [3.05, 3.63) is 68.7 Å². The Balaban J connectivity index is 1.98. The van der Waals surface area contributed by atoms with Crippen molar-refractivity contribution in [2.24, 2.45) is 0 Å². The van der Waals surface area contributed by atoms with E-state index >= 15 is 0 Å². The number of carbonyl (C=O) groups is 1. The van der Waals surface area contributed by atoms with Gasteiger partial charge < -0.3 is 10.6 Å². The van der Waals surface area contributed by atoms with Gasteiger partial charge in [0.2, 0.25) is 5.91 Å². The normalized spacial score (nSPS) is 10.1. The number of rotatable bonds is 4. The van der Waals surface area contributed by atoms with E-state index in [9.17, 15) is 14.9 Å². The largest absolute Gasteiger partial charge is 0.332 e. The fourth-order valence-corrected chi connectivity index (χ4v) is 2.42. The standard InChI is InChI=1S/C16H14ClN3O3S/c1-10-13(3-2-4-14(10)20(22)23)18-16(24)19-15(21)9-11-5-7-12(17)8-6-11/h2-8H,9H2,1H3,(H2,18,19,21,24). The molecule has 0 aliphatic heterocycles. The number of nitro groups is 1. The summed E-state index contributed by atoms with van der Waals surface area (Å²) in [4.78, 5) is 22.4. The summed E-state index contributed by atoms with van der Waals surface area (Å²) in [7, 11) is 0. The molecule has 0 aliphatic carbocycles. The Hall–Kier alpha value is -2.51. The zero-order valence-corrected chi connectivity index (χ0v) is 14.3. The van der Waals surface area contributed by atoms with Gasteiger partial charge >= 0.3 is 0 Å². The number of nitro benzene ring substituents is 1. The van der Waals surface area contributed by atoms with Crippen LogP contribution < -0.4 is 10.6 Å². The van der Waals surface area contributed by atoms with Gasteiger partial charge in [-0.05, 0) is 42.9 Å². The molecule has 124 valence electrons. The topological polar surface area (TPSA) is 84.3 Å². The lowest BCUT2D eigenvalue weighted by atomic mass is 10.1. The van der Waals surface area contributed by atoms with Gasteiger partial charge in [-0.3, -0.25) is 14.9 Å². The highest BCUT2D eigenvalue weighted by molar-refractivity contribution is 7.80. The Morgan fingerprint density at radius 1 is 1.25 bits per heavy atom. The molecule has 0 saturated heterocycles. The van der Waals surface area contributed by atoms with E-state index in [0.717, 1.165) is 5.56 Å². The van der Waals surface area contributed by atoms with Crippen molar-refractivity contribution in [3.63, 3.8) is 0 Å². The van der Waals surface area contributed by atoms with Crippen molar-refractivity contribution < 1.29 is 9.72 Å². The second-order valence-electron chi connectivity index (χ2n) is 5.01. The van der Waals surface area contributed by atoms with Crippen LogP contribution >= 0.6 is 23.8 Å². The average molecular weight is 364 g/mol. The van der Waals surface area contributed by atoms with Gasteiger partial charge in [0.05, 0.1) is 22.6 Å². The van der Waals surface area contributed by atoms with E-state index in [4.69, 9.17) is 23.8 Å². The zero-order chi connectivity index (χ0) is 17.7. The molecule has 2 N–H and O–H groups in total. The third-order valence-corrected chi connectivity index (χ3v) is 3.74. The van der Waals surface area contributed by atoms with E-state index < -0.39 is 4.92 Å². The Morgan fingerprint density at radius 2 is 1.92 bits per heavy atom. The van der Waals surface area contributed by atoms with E-state index in [1.807, 2.05) is 0 Å². The summed E-state index contributed by atoms with van der Waals surface area (Å²) in [5.41, 5.74) is 1.69. The molecule has 2 rings (SSSR count). The van der Waals surface area contributed by atoms with E-state index in [-0.39, 0.29) is 23.1 Å². The van der Waals surface area contributed by atoms with Crippen LogP contribution in [0.3, 0.4) is 0 Å². The highest BCUT2D eigenvalue weighted by Gasteiger charge is 2.14. The predicted octanol–water partition coefficient (Wildman–Crippen LogP) is 3.61. The summed E-state index contributed by atoms with van der Waals surface area (Å²) < 4.78 is 0. The number of nitrogens with zero attached hydrogens (tertiary/aromatic N) is 1. The summed E-state index contributed by atoms with van der Waals surface area (Å²) in [5, 5.41) is 17.0. The maximum atomic E-state index is 12.0. The number of amides is 1. The van der Waals surface area contributed by atoms with Gasteiger partial charge in [0.15, 0.2) is 5.11 Å². The molecule has 2 aromatic carbocycles. The molecule has 0 radical (unpaired) electrons. The zero-order valence-electron chi connectivity index (χ0n) is 12.7. The number of halogens is 1. The lowest BCUT2D eigenvalue weighted by Crippen LogP contribution is -2.35. The van der Waals surface area contributed by atoms with Crippen LogP contribution in [0.1, 0.15) is 11.1 Å². The Bertz CT molecular complexity index is 794. The van der Waals surface area contributed by atoms with Crippen LogP contribution in [0.4, 0.5) is 11.4 Å². The van der Waals surface area contributed by atoms with Gasteiger partial charge in [-0.2, -0.15) is 0 Å². The molecule has 6 nitrogen and oxygen atoms in total. The fourth-order valence-electron chi connectivity index (χ4n) is 2.07. The molecule has 8 heteroatoms. The first kappa shape index (κ1) is 17.8. The quantitative estimate of drug-likeness (QED) is 0.492. The second kappa shape index (κ2) is 7.85. The molecule has 0 atom stereocenters. The Morgan fingerprint density at radius 3 is 2.54 bits per heavy atom. The maximum Gasteiger partial charge on any atom is 0.274 e. The minimum Gasteiger partial charge on any atom is -0.332 e. The SMILES string of the molecule is Cc1c(NC(=S)NC(=O)Cc2ccc(Cl)cc2)cccc1[N+](=O)[O-]. The molecule has 1 amide bonds. The molecule has 0 aliphatic rings. The van der Waals surface area contributed by atoms with Crippen LogP contribution in [0, 0.1) is 17.0 Å². The van der Waals surface area contributed by atoms with Crippen LogP contribution in [0.2, 0.25) is 5.02 Å². The van der Waals surface area contributed by atoms with Crippen molar-refractivity contribution >= 4 is 46.2 Å². The Labute approximate surface area is 149 Å². The van der Waals surface area contributed by atoms with Crippen molar-refractivity contribution in [3.8, 4) is 0 Å². The molecular weight excluding hydrogens is 350 g/mol. The number of carbonyl (C=O) groups excluding carboxylic acids is 1. The first-order chi connectivity index (χ1) is 11.4. The number of anilines is 1. The number of benzene rings is 2. The summed E-state index contributed by atoms with van der Waals surface area (Å²) in [6.45, 7) is 1.61. The van der Waals surface area contributed by atoms with Crippen LogP contribution in [0.5, 0.6) is 0 Å². The van der Waals surface area contributed by atoms with Gasteiger partial charge in [-0.1, -0.05) is 29.8 Å². The molecule has 0 aromatic heterocycles. The van der Waals surface area contributed by atoms with Crippen molar-refractivity contribution in [2.75, 3.05) is 5.32 Å². The van der Waals surface area contributed by atoms with Gasteiger partial charge in [-0.25, -0.2) is 0 Å². The van der Waals surface area contributed by atoms with Gasteiger partial charge in [0.25, 0.3) is 5.69 Å². The smallest absolute Gasteiger partial charge is 0.274 e. The summed E-state index contributed by atoms with van der Waals surface area (Å²) >= 11 is 10.9. The summed E-state index contributed by atoms with van der Waals surface area (Å²) in [5.74, 6) is -0.294. The van der Waals surface area contributed by atoms with Gasteiger partial charge in [0, 0.05) is 11.1 Å². The van der Waals surface area contributed by atoms with Crippen LogP contribution in [-0.2, 0) is 11.2 Å². The van der Waals surface area contributed by atoms with Gasteiger partial charge in [0.1, 0.15) is 0 Å². The number of nitrogens with one attached hydrogen (secondary N) is 2. The summed E-state index contributed by atoms with van der Waals surface area (Å²) in [6.07, 6.45) is 0.146. The van der Waals surface area contributed by atoms with Crippen LogP contribution in [0.25, 0.3) is 0 Å². The van der Waals surface area contributed by atoms with Gasteiger partial charge in [-0.15, -0.1) is 0 Å². The highest BCUT2D eigenvalue weighted by atomic mass is 35.5. The summed E-state index contributed by atoms with van der Waals surface area (Å²) in [6, 6.07) is 11.5. The van der Waals surface area contributed by atoms with Crippen molar-refractivity contribution in [2.45, 2.75) is 13.3 Å². The van der Waals surface area contributed by atoms with Crippen LogP contribution in [0.15, 0.2) is 42.5 Å². The molecule has 2 aromatic rings. The number of hydrogen-bond donors (Lipinski definition) is 2. The number of hydrogen-bond acceptors (Lipinski definition) is 4. The first-order valence-electron chi connectivity index (χ1n) is 6.96. The molecule has 0 saturated carbocycles. The second-order valence-corrected chi connectivity index (χ2v) is 5.86. The predicted molar refractivity (Wildman–Crippen MR) is 97.4 cm³/mol. The van der Waals surface area contributed by atoms with Crippen molar-refractivity contribution in [1.29, 1.82) is 0 Å². The molecule has 0 spiro atoms. The minimum atomic E-state index is -0.470. The molecule has 0 heterocycles. The molecular formula is C16H14ClN3O3S. The monoisotopic (exact) mass is 363 g/mol. The van der Waals surface area contributed by atoms with E-state index in [1.165, 1.54) is 6.07 Å². The maximum absolute atomic E-state index is 12.0. The molecule has 0 fully saturated rings. The van der Waals surface area contributed by atoms with E-state index in [2.05, 4.69) is 10.6 Å². The molecule has 24 heavy (non-hydrogen) atoms. The lowest BCUT2D eigenvalue weighted by molar-refractivity contribution is -0.385. The average Bonchev–Trinajstić information content (AvgIpc) is 2.51. The van der Waals surface area contributed by atoms with E-state index in [0.29, 0.717) is 16.3 Å². The minimum absolute atomic E-state index is 0.0182. The lowest BCUT2D eigenvalue weighted by Gasteiger charge is -2.11.